The standard InChI is InChI=1S/C13H19NO4/c1-17-7-8-18-6-5-14-13(16)10-11-3-2-4-12(15)9-11/h2-4,9,15H,5-8,10H2,1H3,(H,14,16). The number of hydrogen-bond donors (Lipinski definition) is 2. The maximum atomic E-state index is 11.5. The second-order valence-electron chi connectivity index (χ2n) is 3.80. The summed E-state index contributed by atoms with van der Waals surface area (Å²) in [6.07, 6.45) is 0.256. The largest absolute Gasteiger partial charge is 0.508 e. The van der Waals surface area contributed by atoms with E-state index >= 15 is 0 Å². The normalized spacial score (nSPS) is 10.3. The highest BCUT2D eigenvalue weighted by Crippen LogP contribution is 2.10. The molecular weight excluding hydrogens is 234 g/mol. The summed E-state index contributed by atoms with van der Waals surface area (Å²) >= 11 is 0. The van der Waals surface area contributed by atoms with E-state index in [2.05, 4.69) is 5.32 Å². The Hall–Kier alpha value is -1.59. The first-order chi connectivity index (χ1) is 8.72. The molecule has 18 heavy (non-hydrogen) atoms. The molecule has 0 heterocycles. The van der Waals surface area contributed by atoms with E-state index in [0.717, 1.165) is 5.56 Å². The van der Waals surface area contributed by atoms with Crippen molar-refractivity contribution in [3.8, 4) is 5.75 Å². The summed E-state index contributed by atoms with van der Waals surface area (Å²) in [6.45, 7) is 2.02. The molecule has 0 aliphatic heterocycles. The smallest absolute Gasteiger partial charge is 0.224 e. The number of benzene rings is 1. The van der Waals surface area contributed by atoms with Crippen LogP contribution in [0.15, 0.2) is 24.3 Å². The molecule has 0 spiro atoms. The lowest BCUT2D eigenvalue weighted by Gasteiger charge is -2.06. The first kappa shape index (κ1) is 14.5. The van der Waals surface area contributed by atoms with E-state index in [0.29, 0.717) is 26.4 Å². The van der Waals surface area contributed by atoms with E-state index in [1.54, 1.807) is 31.4 Å². The van der Waals surface area contributed by atoms with Gasteiger partial charge in [0.25, 0.3) is 0 Å². The summed E-state index contributed by atoms with van der Waals surface area (Å²) in [5.74, 6) is 0.0825. The molecule has 2 N–H and O–H groups in total. The number of ether oxygens (including phenoxy) is 2. The summed E-state index contributed by atoms with van der Waals surface area (Å²) in [5, 5.41) is 12.0. The first-order valence-corrected chi connectivity index (χ1v) is 5.83. The van der Waals surface area contributed by atoms with Crippen LogP contribution in [0, 0.1) is 0 Å². The highest BCUT2D eigenvalue weighted by Gasteiger charge is 2.03. The number of rotatable bonds is 8. The minimum Gasteiger partial charge on any atom is -0.508 e. The number of phenols is 1. The van der Waals surface area contributed by atoms with E-state index in [4.69, 9.17) is 9.47 Å². The quantitative estimate of drug-likeness (QED) is 0.670. The Morgan fingerprint density at radius 1 is 1.33 bits per heavy atom. The van der Waals surface area contributed by atoms with Crippen LogP contribution in [0.3, 0.4) is 0 Å². The van der Waals surface area contributed by atoms with Gasteiger partial charge in [0.2, 0.25) is 5.91 Å². The fourth-order valence-corrected chi connectivity index (χ4v) is 1.42. The summed E-state index contributed by atoms with van der Waals surface area (Å²) in [7, 11) is 1.61. The fourth-order valence-electron chi connectivity index (χ4n) is 1.42. The Bertz CT molecular complexity index is 368. The van der Waals surface area contributed by atoms with Gasteiger partial charge in [-0.25, -0.2) is 0 Å². The van der Waals surface area contributed by atoms with Gasteiger partial charge in [-0.15, -0.1) is 0 Å². The van der Waals surface area contributed by atoms with Gasteiger partial charge in [-0.2, -0.15) is 0 Å². The van der Waals surface area contributed by atoms with Crippen LogP contribution < -0.4 is 5.32 Å². The van der Waals surface area contributed by atoms with Crippen molar-refractivity contribution < 1.29 is 19.4 Å². The van der Waals surface area contributed by atoms with E-state index in [1.807, 2.05) is 0 Å². The van der Waals surface area contributed by atoms with E-state index in [9.17, 15) is 9.90 Å². The van der Waals surface area contributed by atoms with Crippen LogP contribution in [0.25, 0.3) is 0 Å². The third kappa shape index (κ3) is 6.22. The van der Waals surface area contributed by atoms with Crippen LogP contribution in [0.5, 0.6) is 5.75 Å². The molecule has 0 aromatic heterocycles. The van der Waals surface area contributed by atoms with Crippen LogP contribution in [0.2, 0.25) is 0 Å². The molecule has 5 heteroatoms. The number of phenolic OH excluding ortho intramolecular Hbond substituents is 1. The SMILES string of the molecule is COCCOCCNC(=O)Cc1cccc(O)c1. The number of hydrogen-bond acceptors (Lipinski definition) is 4. The molecule has 100 valence electrons. The molecule has 0 saturated carbocycles. The van der Waals surface area contributed by atoms with Gasteiger partial charge in [0.05, 0.1) is 26.2 Å². The number of aromatic hydroxyl groups is 1. The molecule has 1 aromatic rings. The van der Waals surface area contributed by atoms with Gasteiger partial charge in [0.15, 0.2) is 0 Å². The topological polar surface area (TPSA) is 67.8 Å². The zero-order valence-corrected chi connectivity index (χ0v) is 10.5. The average Bonchev–Trinajstić information content (AvgIpc) is 2.33. The van der Waals surface area contributed by atoms with Gasteiger partial charge >= 0.3 is 0 Å². The zero-order valence-electron chi connectivity index (χ0n) is 10.5. The van der Waals surface area contributed by atoms with Crippen molar-refractivity contribution in [1.82, 2.24) is 5.32 Å². The highest BCUT2D eigenvalue weighted by atomic mass is 16.5. The van der Waals surface area contributed by atoms with Crippen molar-refractivity contribution in [3.63, 3.8) is 0 Å². The van der Waals surface area contributed by atoms with Gasteiger partial charge in [0, 0.05) is 13.7 Å². The Morgan fingerprint density at radius 3 is 2.89 bits per heavy atom. The Balaban J connectivity index is 2.14. The minimum absolute atomic E-state index is 0.0871. The van der Waals surface area contributed by atoms with Crippen molar-refractivity contribution in [2.75, 3.05) is 33.5 Å². The molecule has 0 bridgehead atoms. The van der Waals surface area contributed by atoms with Gasteiger partial charge in [-0.1, -0.05) is 12.1 Å². The number of carbonyl (C=O) groups excluding carboxylic acids is 1. The summed E-state index contributed by atoms with van der Waals surface area (Å²) in [4.78, 5) is 11.5. The molecule has 0 saturated heterocycles. The van der Waals surface area contributed by atoms with Crippen LogP contribution in [-0.2, 0) is 20.7 Å². The van der Waals surface area contributed by atoms with Crippen molar-refractivity contribution in [3.05, 3.63) is 29.8 Å². The number of carbonyl (C=O) groups is 1. The molecule has 1 aromatic carbocycles. The third-order valence-corrected chi connectivity index (χ3v) is 2.28. The van der Waals surface area contributed by atoms with Crippen LogP contribution in [0.4, 0.5) is 0 Å². The van der Waals surface area contributed by atoms with Crippen LogP contribution >= 0.6 is 0 Å². The van der Waals surface area contributed by atoms with Crippen LogP contribution in [0.1, 0.15) is 5.56 Å². The van der Waals surface area contributed by atoms with Gasteiger partial charge in [-0.3, -0.25) is 4.79 Å². The summed E-state index contributed by atoms with van der Waals surface area (Å²) in [6, 6.07) is 6.67. The van der Waals surface area contributed by atoms with Gasteiger partial charge in [-0.05, 0) is 17.7 Å². The molecule has 0 atom stereocenters. The third-order valence-electron chi connectivity index (χ3n) is 2.28. The molecule has 0 fully saturated rings. The van der Waals surface area contributed by atoms with E-state index in [-0.39, 0.29) is 18.1 Å². The molecule has 1 rings (SSSR count). The Labute approximate surface area is 107 Å². The number of nitrogens with one attached hydrogen (secondary N) is 1. The zero-order chi connectivity index (χ0) is 13.2. The Kier molecular flexibility index (Phi) is 6.83. The lowest BCUT2D eigenvalue weighted by molar-refractivity contribution is -0.120. The predicted octanol–water partition coefficient (Wildman–Crippen LogP) is 0.714. The molecule has 0 aliphatic rings. The second-order valence-corrected chi connectivity index (χ2v) is 3.80. The highest BCUT2D eigenvalue weighted by molar-refractivity contribution is 5.78. The second kappa shape index (κ2) is 8.49. The number of methoxy groups -OCH3 is 1. The van der Waals surface area contributed by atoms with Gasteiger partial charge in [0.1, 0.15) is 5.75 Å². The minimum atomic E-state index is -0.0871. The van der Waals surface area contributed by atoms with Crippen molar-refractivity contribution in [2.24, 2.45) is 0 Å². The average molecular weight is 253 g/mol. The Morgan fingerprint density at radius 2 is 2.17 bits per heavy atom. The molecule has 1 amide bonds. The van der Waals surface area contributed by atoms with E-state index < -0.39 is 0 Å². The molecule has 0 radical (unpaired) electrons. The first-order valence-electron chi connectivity index (χ1n) is 5.83. The monoisotopic (exact) mass is 253 g/mol. The summed E-state index contributed by atoms with van der Waals surface area (Å²) < 4.78 is 10.0. The summed E-state index contributed by atoms with van der Waals surface area (Å²) in [5.41, 5.74) is 0.785. The van der Waals surface area contributed by atoms with E-state index in [1.165, 1.54) is 0 Å². The number of amides is 1. The van der Waals surface area contributed by atoms with Crippen molar-refractivity contribution in [2.45, 2.75) is 6.42 Å². The fraction of sp³-hybridized carbons (Fsp3) is 0.462. The van der Waals surface area contributed by atoms with Gasteiger partial charge < -0.3 is 19.9 Å². The molecule has 5 nitrogen and oxygen atoms in total. The lowest BCUT2D eigenvalue weighted by Crippen LogP contribution is -2.28. The van der Waals surface area contributed by atoms with Crippen molar-refractivity contribution in [1.29, 1.82) is 0 Å². The molecular formula is C13H19NO4. The maximum absolute atomic E-state index is 11.5. The maximum Gasteiger partial charge on any atom is 0.224 e. The van der Waals surface area contributed by atoms with Crippen molar-refractivity contribution >= 4 is 5.91 Å². The lowest BCUT2D eigenvalue weighted by atomic mass is 10.1. The molecule has 0 unspecified atom stereocenters. The molecule has 0 aliphatic carbocycles. The predicted molar refractivity (Wildman–Crippen MR) is 67.5 cm³/mol. The van der Waals surface area contributed by atoms with Crippen LogP contribution in [-0.4, -0.2) is 44.5 Å².